The van der Waals surface area contributed by atoms with Crippen LogP contribution < -0.4 is 5.73 Å². The molecule has 3 N–H and O–H groups in total. The lowest BCUT2D eigenvalue weighted by molar-refractivity contribution is -0.272. The van der Waals surface area contributed by atoms with Crippen LogP contribution in [0.15, 0.2) is 17.4 Å². The van der Waals surface area contributed by atoms with Crippen LogP contribution in [-0.2, 0) is 12.6 Å². The Morgan fingerprint density at radius 2 is 1.92 bits per heavy atom. The van der Waals surface area contributed by atoms with Crippen LogP contribution in [0.3, 0.4) is 0 Å². The van der Waals surface area contributed by atoms with E-state index in [-0.39, 0.29) is 12.5 Å². The number of alkyl halides is 3. The van der Waals surface area contributed by atoms with Gasteiger partial charge in [-0.1, -0.05) is 12.8 Å². The number of aryl methyl sites for hydroxylation is 1. The predicted molar refractivity (Wildman–Crippen MR) is 84.3 cm³/mol. The zero-order valence-corrected chi connectivity index (χ0v) is 13.8. The van der Waals surface area contributed by atoms with Gasteiger partial charge in [-0.25, -0.2) is 4.98 Å². The topological polar surface area (TPSA) is 79.7 Å². The average molecular weight is 347 g/mol. The normalized spacial score (nSPS) is 19.9. The number of halogens is 3. The van der Waals surface area contributed by atoms with Gasteiger partial charge >= 0.3 is 6.18 Å². The first-order valence-electron chi connectivity index (χ1n) is 8.07. The summed E-state index contributed by atoms with van der Waals surface area (Å²) in [6.07, 6.45) is 1.34. The Morgan fingerprint density at radius 1 is 1.29 bits per heavy atom. The van der Waals surface area contributed by atoms with Gasteiger partial charge in [-0.15, -0.1) is 0 Å². The van der Waals surface area contributed by atoms with Gasteiger partial charge < -0.3 is 20.3 Å². The molecule has 136 valence electrons. The first-order valence-corrected chi connectivity index (χ1v) is 8.07. The van der Waals surface area contributed by atoms with E-state index in [1.54, 1.807) is 0 Å². The monoisotopic (exact) mass is 347 g/mol. The second-order valence-electron chi connectivity index (χ2n) is 6.11. The van der Waals surface area contributed by atoms with Gasteiger partial charge in [-0.3, -0.25) is 4.99 Å². The molecule has 0 bridgehead atoms. The lowest BCUT2D eigenvalue weighted by Crippen LogP contribution is -2.45. The van der Waals surface area contributed by atoms with Crippen molar-refractivity contribution in [3.63, 3.8) is 0 Å². The van der Waals surface area contributed by atoms with E-state index in [1.807, 2.05) is 4.90 Å². The summed E-state index contributed by atoms with van der Waals surface area (Å²) in [6.45, 7) is 1.29. The van der Waals surface area contributed by atoms with Gasteiger partial charge in [-0.2, -0.15) is 13.2 Å². The van der Waals surface area contributed by atoms with Crippen molar-refractivity contribution in [3.8, 4) is 0 Å². The van der Waals surface area contributed by atoms with Crippen LogP contribution in [-0.4, -0.2) is 51.3 Å². The van der Waals surface area contributed by atoms with Gasteiger partial charge in [0.25, 0.3) is 0 Å². The zero-order chi connectivity index (χ0) is 17.8. The van der Waals surface area contributed by atoms with Crippen LogP contribution in [0, 0.1) is 0 Å². The number of aliphatic hydroxyl groups is 1. The number of guanidine groups is 1. The number of nitrogens with two attached hydrogens (primary N) is 1. The molecule has 0 saturated carbocycles. The number of aromatic nitrogens is 2. The van der Waals surface area contributed by atoms with Crippen LogP contribution in [0.2, 0.25) is 0 Å². The van der Waals surface area contributed by atoms with E-state index in [1.165, 1.54) is 19.4 Å². The third-order valence-electron chi connectivity index (χ3n) is 4.34. The Balaban J connectivity index is 2.08. The highest BCUT2D eigenvalue weighted by atomic mass is 19.4. The summed E-state index contributed by atoms with van der Waals surface area (Å²) in [5, 5.41) is 10.2. The Bertz CT molecular complexity index is 564. The van der Waals surface area contributed by atoms with Gasteiger partial charge in [0.15, 0.2) is 5.96 Å². The standard InChI is InChI=1S/C15H24F3N5O/c1-22-11-8-20-12(22)14(24,15(16,17)18)6-7-21-13(19)23-9-4-2-3-5-10-23/h8,11,24H,2-7,9-10H2,1H3,(H2,19,21). The minimum absolute atomic E-state index is 0.231. The molecule has 0 aromatic carbocycles. The summed E-state index contributed by atoms with van der Waals surface area (Å²) in [6, 6.07) is 0. The largest absolute Gasteiger partial charge is 0.424 e. The molecule has 1 unspecified atom stereocenters. The summed E-state index contributed by atoms with van der Waals surface area (Å²) in [5.41, 5.74) is 2.85. The summed E-state index contributed by atoms with van der Waals surface area (Å²) in [5.74, 6) is -0.209. The van der Waals surface area contributed by atoms with Crippen LogP contribution in [0.25, 0.3) is 0 Å². The van der Waals surface area contributed by atoms with Crippen molar-refractivity contribution in [3.05, 3.63) is 18.2 Å². The highest BCUT2D eigenvalue weighted by molar-refractivity contribution is 5.78. The lowest BCUT2D eigenvalue weighted by Gasteiger charge is -2.29. The van der Waals surface area contributed by atoms with Gasteiger partial charge in [-0.05, 0) is 12.8 Å². The van der Waals surface area contributed by atoms with Crippen LogP contribution in [0.4, 0.5) is 13.2 Å². The fourth-order valence-corrected chi connectivity index (χ4v) is 2.88. The Hall–Kier alpha value is -1.77. The zero-order valence-electron chi connectivity index (χ0n) is 13.8. The molecule has 1 aromatic heterocycles. The number of rotatable bonds is 4. The van der Waals surface area contributed by atoms with E-state index in [0.29, 0.717) is 0 Å². The highest BCUT2D eigenvalue weighted by Gasteiger charge is 2.57. The summed E-state index contributed by atoms with van der Waals surface area (Å²) in [4.78, 5) is 9.60. The molecular weight excluding hydrogens is 323 g/mol. The minimum Gasteiger partial charge on any atom is -0.374 e. The predicted octanol–water partition coefficient (Wildman–Crippen LogP) is 1.75. The molecule has 24 heavy (non-hydrogen) atoms. The quantitative estimate of drug-likeness (QED) is 0.642. The smallest absolute Gasteiger partial charge is 0.374 e. The van der Waals surface area contributed by atoms with Crippen molar-refractivity contribution >= 4 is 5.96 Å². The maximum Gasteiger partial charge on any atom is 0.424 e. The van der Waals surface area contributed by atoms with E-state index in [9.17, 15) is 18.3 Å². The van der Waals surface area contributed by atoms with Crippen molar-refractivity contribution in [1.29, 1.82) is 0 Å². The molecule has 1 aliphatic rings. The van der Waals surface area contributed by atoms with E-state index < -0.39 is 24.0 Å². The Morgan fingerprint density at radius 3 is 2.42 bits per heavy atom. The second kappa shape index (κ2) is 7.42. The van der Waals surface area contributed by atoms with E-state index in [2.05, 4.69) is 9.98 Å². The third-order valence-corrected chi connectivity index (χ3v) is 4.34. The molecule has 1 fully saturated rings. The third kappa shape index (κ3) is 4.00. The fourth-order valence-electron chi connectivity index (χ4n) is 2.88. The van der Waals surface area contributed by atoms with Gasteiger partial charge in [0.2, 0.25) is 5.60 Å². The number of likely N-dealkylation sites (tertiary alicyclic amines) is 1. The van der Waals surface area contributed by atoms with Crippen LogP contribution >= 0.6 is 0 Å². The number of hydrogen-bond acceptors (Lipinski definition) is 3. The molecule has 2 rings (SSSR count). The molecular formula is C15H24F3N5O. The molecule has 9 heteroatoms. The fraction of sp³-hybridized carbons (Fsp3) is 0.733. The van der Waals surface area contributed by atoms with Gasteiger partial charge in [0, 0.05) is 45.5 Å². The van der Waals surface area contributed by atoms with Gasteiger partial charge in [0.05, 0.1) is 0 Å². The van der Waals surface area contributed by atoms with Crippen molar-refractivity contribution < 1.29 is 18.3 Å². The van der Waals surface area contributed by atoms with Gasteiger partial charge in [0.1, 0.15) is 5.82 Å². The number of aliphatic imine (C=N–C) groups is 1. The summed E-state index contributed by atoms with van der Waals surface area (Å²) in [7, 11) is 1.41. The molecule has 1 aromatic rings. The second-order valence-corrected chi connectivity index (χ2v) is 6.11. The van der Waals surface area contributed by atoms with Crippen LogP contribution in [0.1, 0.15) is 37.9 Å². The van der Waals surface area contributed by atoms with E-state index in [4.69, 9.17) is 5.73 Å². The number of imidazole rings is 1. The minimum atomic E-state index is -4.85. The molecule has 6 nitrogen and oxygen atoms in total. The molecule has 1 atom stereocenters. The van der Waals surface area contributed by atoms with Crippen molar-refractivity contribution in [2.45, 2.75) is 43.9 Å². The SMILES string of the molecule is Cn1ccnc1C(O)(CCN=C(N)N1CCCCCC1)C(F)(F)F. The van der Waals surface area contributed by atoms with E-state index in [0.717, 1.165) is 43.3 Å². The summed E-state index contributed by atoms with van der Waals surface area (Å²) < 4.78 is 41.3. The Labute approximate surface area is 139 Å². The molecule has 0 spiro atoms. The van der Waals surface area contributed by atoms with Crippen molar-refractivity contribution in [1.82, 2.24) is 14.5 Å². The molecule has 1 aliphatic heterocycles. The lowest BCUT2D eigenvalue weighted by atomic mass is 9.98. The average Bonchev–Trinajstić information content (AvgIpc) is 2.77. The molecule has 1 saturated heterocycles. The highest BCUT2D eigenvalue weighted by Crippen LogP contribution is 2.40. The molecule has 0 aliphatic carbocycles. The van der Waals surface area contributed by atoms with Crippen molar-refractivity contribution in [2.75, 3.05) is 19.6 Å². The van der Waals surface area contributed by atoms with E-state index >= 15 is 0 Å². The molecule has 2 heterocycles. The first kappa shape index (κ1) is 18.6. The number of hydrogen-bond donors (Lipinski definition) is 2. The summed E-state index contributed by atoms with van der Waals surface area (Å²) >= 11 is 0. The first-order chi connectivity index (χ1) is 11.3. The maximum absolute atomic E-state index is 13.4. The Kier molecular flexibility index (Phi) is 5.74. The maximum atomic E-state index is 13.4. The molecule has 0 radical (unpaired) electrons. The van der Waals surface area contributed by atoms with Crippen molar-refractivity contribution in [2.24, 2.45) is 17.8 Å². The van der Waals surface area contributed by atoms with Crippen LogP contribution in [0.5, 0.6) is 0 Å². The molecule has 0 amide bonds. The number of nitrogens with zero attached hydrogens (tertiary/aromatic N) is 4.